The van der Waals surface area contributed by atoms with E-state index in [-0.39, 0.29) is 0 Å². The van der Waals surface area contributed by atoms with Crippen LogP contribution in [0.4, 0.5) is 17.5 Å². The third-order valence-corrected chi connectivity index (χ3v) is 6.10. The number of aromatic nitrogens is 4. The number of benzene rings is 3. The van der Waals surface area contributed by atoms with Gasteiger partial charge in [0.1, 0.15) is 18.2 Å². The Labute approximate surface area is 208 Å². The van der Waals surface area contributed by atoms with Crippen LogP contribution in [0.25, 0.3) is 22.2 Å². The number of anilines is 3. The van der Waals surface area contributed by atoms with E-state index in [0.717, 1.165) is 58.1 Å². The molecule has 0 aliphatic carbocycles. The topological polar surface area (TPSA) is 88.2 Å². The molecule has 5 aromatic rings. The predicted octanol–water partition coefficient (Wildman–Crippen LogP) is 5.18. The van der Waals surface area contributed by atoms with E-state index < -0.39 is 0 Å². The van der Waals surface area contributed by atoms with E-state index >= 15 is 0 Å². The van der Waals surface area contributed by atoms with Crippen molar-refractivity contribution < 1.29 is 9.47 Å². The molecule has 2 aromatic heterocycles. The zero-order valence-electron chi connectivity index (χ0n) is 19.7. The average Bonchev–Trinajstić information content (AvgIpc) is 3.41. The Bertz CT molecular complexity index is 1460. The fourth-order valence-corrected chi connectivity index (χ4v) is 4.21. The van der Waals surface area contributed by atoms with Crippen molar-refractivity contribution in [3.05, 3.63) is 90.6 Å². The lowest BCUT2D eigenvalue weighted by molar-refractivity contribution is 0.122. The third-order valence-electron chi connectivity index (χ3n) is 6.10. The van der Waals surface area contributed by atoms with Crippen LogP contribution in [0.2, 0.25) is 0 Å². The van der Waals surface area contributed by atoms with Gasteiger partial charge in [-0.1, -0.05) is 42.5 Å². The Morgan fingerprint density at radius 1 is 0.917 bits per heavy atom. The number of H-pyrrole nitrogens is 1. The summed E-state index contributed by atoms with van der Waals surface area (Å²) in [7, 11) is 0. The highest BCUT2D eigenvalue weighted by Gasteiger charge is 2.17. The van der Waals surface area contributed by atoms with Gasteiger partial charge in [0.15, 0.2) is 0 Å². The summed E-state index contributed by atoms with van der Waals surface area (Å²) in [6.07, 6.45) is 1.81. The van der Waals surface area contributed by atoms with E-state index in [1.807, 2.05) is 72.9 Å². The quantitative estimate of drug-likeness (QED) is 0.333. The van der Waals surface area contributed by atoms with Crippen molar-refractivity contribution in [3.63, 3.8) is 0 Å². The lowest BCUT2D eigenvalue weighted by atomic mass is 10.1. The number of hydrogen-bond donors (Lipinski definition) is 2. The Morgan fingerprint density at radius 2 is 1.81 bits per heavy atom. The second kappa shape index (κ2) is 10.1. The van der Waals surface area contributed by atoms with Gasteiger partial charge in [-0.3, -0.25) is 5.10 Å². The lowest BCUT2D eigenvalue weighted by Gasteiger charge is -2.27. The van der Waals surface area contributed by atoms with Crippen molar-refractivity contribution in [2.24, 2.45) is 0 Å². The Morgan fingerprint density at radius 3 is 2.69 bits per heavy atom. The molecule has 8 nitrogen and oxygen atoms in total. The van der Waals surface area contributed by atoms with Crippen LogP contribution in [0.3, 0.4) is 0 Å². The van der Waals surface area contributed by atoms with Gasteiger partial charge in [-0.2, -0.15) is 10.1 Å². The summed E-state index contributed by atoms with van der Waals surface area (Å²) in [5.74, 6) is 2.20. The standard InChI is InChI=1S/C28H26N6O2/c1-2-5-20(6-3-1)19-36-24-8-4-7-21(16-24)26-17-27(32-28(31-26)34-11-13-35-14-12-34)30-23-9-10-25-22(15-23)18-29-33-25/h1-10,15-18H,11-14,19H2,(H,29,33)(H,30,31,32). The summed E-state index contributed by atoms with van der Waals surface area (Å²) in [5.41, 5.74) is 4.83. The van der Waals surface area contributed by atoms with Crippen molar-refractivity contribution in [2.75, 3.05) is 36.5 Å². The van der Waals surface area contributed by atoms with Gasteiger partial charge < -0.3 is 19.7 Å². The third kappa shape index (κ3) is 4.99. The van der Waals surface area contributed by atoms with E-state index in [1.165, 1.54) is 0 Å². The molecule has 1 aliphatic rings. The van der Waals surface area contributed by atoms with E-state index in [9.17, 15) is 0 Å². The van der Waals surface area contributed by atoms with Crippen LogP contribution < -0.4 is 15.0 Å². The first kappa shape index (κ1) is 22.1. The van der Waals surface area contributed by atoms with Crippen molar-refractivity contribution in [2.45, 2.75) is 6.61 Å². The monoisotopic (exact) mass is 478 g/mol. The molecule has 0 bridgehead atoms. The molecule has 180 valence electrons. The number of hydrogen-bond acceptors (Lipinski definition) is 7. The molecule has 6 rings (SSSR count). The van der Waals surface area contributed by atoms with Crippen molar-refractivity contribution in [1.29, 1.82) is 0 Å². The summed E-state index contributed by atoms with van der Waals surface area (Å²) in [6, 6.07) is 26.2. The molecular weight excluding hydrogens is 452 g/mol. The van der Waals surface area contributed by atoms with E-state index in [0.29, 0.717) is 25.8 Å². The number of fused-ring (bicyclic) bond motifs is 1. The van der Waals surface area contributed by atoms with Crippen molar-refractivity contribution in [3.8, 4) is 17.0 Å². The molecule has 8 heteroatoms. The number of morpholine rings is 1. The van der Waals surface area contributed by atoms with Gasteiger partial charge in [-0.05, 0) is 35.9 Å². The second-order valence-electron chi connectivity index (χ2n) is 8.64. The normalized spacial score (nSPS) is 13.6. The number of aromatic amines is 1. The summed E-state index contributed by atoms with van der Waals surface area (Å²) < 4.78 is 11.6. The van der Waals surface area contributed by atoms with Crippen LogP contribution in [0.5, 0.6) is 5.75 Å². The fraction of sp³-hybridized carbons (Fsp3) is 0.179. The van der Waals surface area contributed by atoms with E-state index in [4.69, 9.17) is 19.4 Å². The summed E-state index contributed by atoms with van der Waals surface area (Å²) >= 11 is 0. The molecule has 0 radical (unpaired) electrons. The van der Waals surface area contributed by atoms with Crippen LogP contribution in [0, 0.1) is 0 Å². The number of rotatable bonds is 7. The van der Waals surface area contributed by atoms with Gasteiger partial charge in [-0.25, -0.2) is 4.98 Å². The molecule has 1 aliphatic heterocycles. The molecule has 1 fully saturated rings. The van der Waals surface area contributed by atoms with Crippen LogP contribution in [0.15, 0.2) is 85.1 Å². The molecule has 0 unspecified atom stereocenters. The molecule has 2 N–H and O–H groups in total. The maximum Gasteiger partial charge on any atom is 0.228 e. The zero-order valence-corrected chi connectivity index (χ0v) is 19.7. The molecule has 1 saturated heterocycles. The smallest absolute Gasteiger partial charge is 0.228 e. The first-order valence-corrected chi connectivity index (χ1v) is 12.0. The molecule has 3 aromatic carbocycles. The minimum atomic E-state index is 0.510. The van der Waals surface area contributed by atoms with Crippen LogP contribution >= 0.6 is 0 Å². The molecular formula is C28H26N6O2. The van der Waals surface area contributed by atoms with Gasteiger partial charge in [0, 0.05) is 35.8 Å². The maximum absolute atomic E-state index is 6.07. The Hall–Kier alpha value is -4.43. The largest absolute Gasteiger partial charge is 0.489 e. The zero-order chi connectivity index (χ0) is 24.2. The van der Waals surface area contributed by atoms with Crippen molar-refractivity contribution in [1.82, 2.24) is 20.2 Å². The summed E-state index contributed by atoms with van der Waals surface area (Å²) in [6.45, 7) is 3.34. The van der Waals surface area contributed by atoms with Crippen LogP contribution in [0.1, 0.15) is 5.56 Å². The number of nitrogens with one attached hydrogen (secondary N) is 2. The van der Waals surface area contributed by atoms with Gasteiger partial charge in [0.25, 0.3) is 0 Å². The highest BCUT2D eigenvalue weighted by Crippen LogP contribution is 2.29. The molecule has 3 heterocycles. The SMILES string of the molecule is c1ccc(COc2cccc(-c3cc(Nc4ccc5[nH]ncc5c4)nc(N4CCOCC4)n3)c2)cc1. The maximum atomic E-state index is 6.07. The van der Waals surface area contributed by atoms with Crippen LogP contribution in [-0.2, 0) is 11.3 Å². The highest BCUT2D eigenvalue weighted by molar-refractivity contribution is 5.83. The average molecular weight is 479 g/mol. The van der Waals surface area contributed by atoms with E-state index in [1.54, 1.807) is 0 Å². The predicted molar refractivity (Wildman–Crippen MR) is 141 cm³/mol. The van der Waals surface area contributed by atoms with Crippen LogP contribution in [-0.4, -0.2) is 46.5 Å². The highest BCUT2D eigenvalue weighted by atomic mass is 16.5. The number of nitrogens with zero attached hydrogens (tertiary/aromatic N) is 4. The molecule has 0 amide bonds. The lowest BCUT2D eigenvalue weighted by Crippen LogP contribution is -2.37. The first-order valence-electron chi connectivity index (χ1n) is 12.0. The summed E-state index contributed by atoms with van der Waals surface area (Å²) in [5, 5.41) is 11.6. The minimum Gasteiger partial charge on any atom is -0.489 e. The first-order chi connectivity index (χ1) is 17.8. The van der Waals surface area contributed by atoms with Gasteiger partial charge in [0.05, 0.1) is 30.6 Å². The minimum absolute atomic E-state index is 0.510. The summed E-state index contributed by atoms with van der Waals surface area (Å²) in [4.78, 5) is 11.9. The van der Waals surface area contributed by atoms with Gasteiger partial charge >= 0.3 is 0 Å². The van der Waals surface area contributed by atoms with E-state index in [2.05, 4.69) is 32.5 Å². The molecule has 0 saturated carbocycles. The second-order valence-corrected chi connectivity index (χ2v) is 8.64. The fourth-order valence-electron chi connectivity index (χ4n) is 4.21. The van der Waals surface area contributed by atoms with Gasteiger partial charge in [0.2, 0.25) is 5.95 Å². The molecule has 0 atom stereocenters. The van der Waals surface area contributed by atoms with Gasteiger partial charge in [-0.15, -0.1) is 0 Å². The van der Waals surface area contributed by atoms with Crippen molar-refractivity contribution >= 4 is 28.4 Å². The number of ether oxygens (including phenoxy) is 2. The molecule has 0 spiro atoms. The Kier molecular flexibility index (Phi) is 6.16. The Balaban J connectivity index is 1.31. The molecule has 36 heavy (non-hydrogen) atoms.